The number of ether oxygens (including phenoxy) is 2. The summed E-state index contributed by atoms with van der Waals surface area (Å²) in [6.07, 6.45) is -8.68. The van der Waals surface area contributed by atoms with Crippen molar-refractivity contribution in [3.63, 3.8) is 0 Å². The third-order valence-corrected chi connectivity index (χ3v) is 4.22. The topological polar surface area (TPSA) is 42.5 Å². The Bertz CT molecular complexity index is 961. The van der Waals surface area contributed by atoms with Crippen LogP contribution in [0.15, 0.2) is 36.4 Å². The average Bonchev–Trinajstić information content (AvgIpc) is 2.66. The van der Waals surface area contributed by atoms with Crippen LogP contribution in [0.1, 0.15) is 0 Å². The first-order chi connectivity index (χ1) is 14.7. The molecule has 2 aromatic carbocycles. The van der Waals surface area contributed by atoms with Crippen LogP contribution in [-0.4, -0.2) is 36.9 Å². The van der Waals surface area contributed by atoms with Gasteiger partial charge < -0.3 is 20.1 Å². The molecular weight excluding hydrogens is 512 g/mol. The van der Waals surface area contributed by atoms with Crippen LogP contribution in [0.2, 0.25) is 10.0 Å². The minimum Gasteiger partial charge on any atom is -0.487 e. The number of anilines is 2. The van der Waals surface area contributed by atoms with Gasteiger partial charge in [-0.1, -0.05) is 23.2 Å². The highest BCUT2D eigenvalue weighted by Gasteiger charge is 2.41. The zero-order valence-electron chi connectivity index (χ0n) is 15.6. The van der Waals surface area contributed by atoms with Crippen LogP contribution in [0.25, 0.3) is 0 Å². The fourth-order valence-corrected chi connectivity index (χ4v) is 2.78. The quantitative estimate of drug-likeness (QED) is 0.287. The molecule has 0 saturated heterocycles. The predicted molar refractivity (Wildman–Crippen MR) is 111 cm³/mol. The van der Waals surface area contributed by atoms with Gasteiger partial charge in [-0.25, -0.2) is 8.78 Å². The molecule has 4 nitrogen and oxygen atoms in total. The number of halogens is 9. The van der Waals surface area contributed by atoms with Gasteiger partial charge in [0.1, 0.15) is 11.5 Å². The lowest BCUT2D eigenvalue weighted by Crippen LogP contribution is -2.33. The van der Waals surface area contributed by atoms with E-state index in [1.807, 2.05) is 0 Å². The van der Waals surface area contributed by atoms with Crippen LogP contribution < -0.4 is 20.1 Å². The number of hydrogen-bond acceptors (Lipinski definition) is 3. The van der Waals surface area contributed by atoms with Crippen molar-refractivity contribution in [3.05, 3.63) is 46.4 Å². The molecular formula is C18H13Cl2F7N2O2S. The van der Waals surface area contributed by atoms with Gasteiger partial charge in [0.2, 0.25) is 0 Å². The van der Waals surface area contributed by atoms with E-state index in [4.69, 9.17) is 35.4 Å². The maximum atomic E-state index is 13.1. The lowest BCUT2D eigenvalue weighted by Gasteiger charge is -2.18. The number of benzene rings is 2. The first-order valence-corrected chi connectivity index (χ1v) is 9.58. The normalized spacial score (nSPS) is 11.9. The Kier molecular flexibility index (Phi) is 8.66. The van der Waals surface area contributed by atoms with Crippen LogP contribution in [0.4, 0.5) is 42.1 Å². The van der Waals surface area contributed by atoms with Crippen LogP contribution in [0.5, 0.6) is 11.5 Å². The van der Waals surface area contributed by atoms with Gasteiger partial charge in [0, 0.05) is 28.9 Å². The van der Waals surface area contributed by atoms with E-state index < -0.39 is 43.2 Å². The van der Waals surface area contributed by atoms with Crippen molar-refractivity contribution in [1.82, 2.24) is 0 Å². The second-order valence-corrected chi connectivity index (χ2v) is 7.40. The zero-order chi connectivity index (χ0) is 24.1. The average molecular weight is 525 g/mol. The van der Waals surface area contributed by atoms with Gasteiger partial charge >= 0.3 is 18.5 Å². The molecule has 0 aliphatic rings. The molecule has 2 rings (SSSR count). The fraction of sp³-hybridized carbons (Fsp3) is 0.278. The van der Waals surface area contributed by atoms with Crippen LogP contribution in [0, 0.1) is 0 Å². The summed E-state index contributed by atoms with van der Waals surface area (Å²) in [5.74, 6) is -5.37. The van der Waals surface area contributed by atoms with Crippen LogP contribution in [-0.2, 0) is 0 Å². The number of alkyl halides is 7. The Labute approximate surface area is 192 Å². The van der Waals surface area contributed by atoms with E-state index in [-0.39, 0.29) is 15.8 Å². The Morgan fingerprint density at radius 2 is 1.50 bits per heavy atom. The number of thiocarbonyl (C=S) groups is 1. The van der Waals surface area contributed by atoms with E-state index in [1.54, 1.807) is 0 Å². The van der Waals surface area contributed by atoms with Gasteiger partial charge in [-0.2, -0.15) is 22.0 Å². The second-order valence-electron chi connectivity index (χ2n) is 6.15. The number of nitrogens with one attached hydrogen (secondary N) is 2. The highest BCUT2D eigenvalue weighted by Crippen LogP contribution is 2.31. The summed E-state index contributed by atoms with van der Waals surface area (Å²) in [5, 5.41) is 5.76. The summed E-state index contributed by atoms with van der Waals surface area (Å²) in [4.78, 5) is 0. The van der Waals surface area contributed by atoms with Crippen molar-refractivity contribution >= 4 is 51.9 Å². The molecule has 0 amide bonds. The number of hydrogen-bond donors (Lipinski definition) is 2. The summed E-state index contributed by atoms with van der Waals surface area (Å²) >= 11 is 16.9. The molecule has 0 bridgehead atoms. The summed E-state index contributed by atoms with van der Waals surface area (Å²) in [5.41, 5.74) is 0.300. The monoisotopic (exact) mass is 524 g/mol. The first-order valence-electron chi connectivity index (χ1n) is 8.41. The molecule has 0 atom stereocenters. The maximum Gasteiger partial charge on any atom is 0.422 e. The molecule has 0 heterocycles. The summed E-state index contributed by atoms with van der Waals surface area (Å²) < 4.78 is 97.5. The van der Waals surface area contributed by atoms with E-state index in [9.17, 15) is 30.7 Å². The van der Waals surface area contributed by atoms with Crippen molar-refractivity contribution in [2.45, 2.75) is 18.5 Å². The van der Waals surface area contributed by atoms with Crippen LogP contribution >= 0.6 is 35.4 Å². The molecule has 0 aliphatic heterocycles. The van der Waals surface area contributed by atoms with Gasteiger partial charge in [0.05, 0.1) is 10.7 Å². The van der Waals surface area contributed by atoms with Gasteiger partial charge in [-0.05, 0) is 30.4 Å². The molecule has 32 heavy (non-hydrogen) atoms. The Morgan fingerprint density at radius 3 is 2.03 bits per heavy atom. The van der Waals surface area contributed by atoms with Crippen LogP contribution in [0.3, 0.4) is 0 Å². The molecule has 0 fully saturated rings. The second kappa shape index (κ2) is 10.6. The lowest BCUT2D eigenvalue weighted by molar-refractivity contribution is -0.153. The standard InChI is InChI=1S/C18H13Cl2F7N2O2S/c19-9-1-2-14(13(20)3-9)29-16(32)28-10-4-11(30-7-17(23,24)15(21)22)6-12(5-10)31-8-18(25,26)27/h1-6,15H,7-8H2,(H2,28,29,32). The highest BCUT2D eigenvalue weighted by molar-refractivity contribution is 7.80. The lowest BCUT2D eigenvalue weighted by atomic mass is 10.2. The van der Waals surface area contributed by atoms with Crippen molar-refractivity contribution in [1.29, 1.82) is 0 Å². The van der Waals surface area contributed by atoms with Crippen molar-refractivity contribution < 1.29 is 40.2 Å². The molecule has 14 heteroatoms. The smallest absolute Gasteiger partial charge is 0.422 e. The van der Waals surface area contributed by atoms with Gasteiger partial charge in [-0.3, -0.25) is 0 Å². The van der Waals surface area contributed by atoms with Crippen molar-refractivity contribution in [3.8, 4) is 11.5 Å². The molecule has 0 unspecified atom stereocenters. The largest absolute Gasteiger partial charge is 0.487 e. The molecule has 2 aromatic rings. The summed E-state index contributed by atoms with van der Waals surface area (Å²) in [7, 11) is 0. The molecule has 2 N–H and O–H groups in total. The van der Waals surface area contributed by atoms with E-state index in [2.05, 4.69) is 20.1 Å². The molecule has 0 spiro atoms. The van der Waals surface area contributed by atoms with E-state index in [0.717, 1.165) is 18.2 Å². The minimum atomic E-state index is -4.69. The van der Waals surface area contributed by atoms with E-state index in [1.165, 1.54) is 18.2 Å². The molecule has 0 saturated carbocycles. The summed E-state index contributed by atoms with van der Waals surface area (Å²) in [6.45, 7) is -3.40. The van der Waals surface area contributed by atoms with E-state index >= 15 is 0 Å². The molecule has 0 radical (unpaired) electrons. The predicted octanol–water partition coefficient (Wildman–Crippen LogP) is 7.02. The molecule has 0 aliphatic carbocycles. The maximum absolute atomic E-state index is 13.1. The Hall–Kier alpha value is -2.18. The van der Waals surface area contributed by atoms with Crippen molar-refractivity contribution in [2.75, 3.05) is 23.8 Å². The molecule has 0 aromatic heterocycles. The minimum absolute atomic E-state index is 0.0392. The third-order valence-electron chi connectivity index (χ3n) is 3.47. The summed E-state index contributed by atoms with van der Waals surface area (Å²) in [6, 6.07) is 7.40. The zero-order valence-corrected chi connectivity index (χ0v) is 17.9. The SMILES string of the molecule is FC(F)C(F)(F)COc1cc(NC(=S)Nc2ccc(Cl)cc2Cl)cc(OCC(F)(F)F)c1. The highest BCUT2D eigenvalue weighted by atomic mass is 35.5. The van der Waals surface area contributed by atoms with E-state index in [0.29, 0.717) is 10.7 Å². The van der Waals surface area contributed by atoms with Crippen molar-refractivity contribution in [2.24, 2.45) is 0 Å². The molecule has 176 valence electrons. The van der Waals surface area contributed by atoms with Gasteiger partial charge in [-0.15, -0.1) is 0 Å². The Balaban J connectivity index is 2.20. The third kappa shape index (κ3) is 8.40. The first kappa shape index (κ1) is 26.1. The van der Waals surface area contributed by atoms with Gasteiger partial charge in [0.15, 0.2) is 18.3 Å². The fourth-order valence-electron chi connectivity index (χ4n) is 2.09. The Morgan fingerprint density at radius 1 is 0.906 bits per heavy atom. The van der Waals surface area contributed by atoms with Gasteiger partial charge in [0.25, 0.3) is 0 Å². The number of rotatable bonds is 8.